The quantitative estimate of drug-likeness (QED) is 0.0400. The van der Waals surface area contributed by atoms with Crippen molar-refractivity contribution in [3.8, 4) is 0 Å². The number of amides is 2. The summed E-state index contributed by atoms with van der Waals surface area (Å²) in [5.41, 5.74) is 4.13. The molecule has 65 heavy (non-hydrogen) atoms. The number of nitrogen functional groups attached to an aromatic ring is 1. The summed E-state index contributed by atoms with van der Waals surface area (Å²) >= 11 is 1.14. The minimum absolute atomic E-state index is 0. The van der Waals surface area contributed by atoms with Gasteiger partial charge in [0.25, 0.3) is 23.5 Å². The molecule has 1 fully saturated rings. The molecule has 1 saturated heterocycles. The van der Waals surface area contributed by atoms with Crippen molar-refractivity contribution >= 4 is 69.1 Å². The summed E-state index contributed by atoms with van der Waals surface area (Å²) in [6, 6.07) is 0. The number of phosphoric acid groups is 3. The van der Waals surface area contributed by atoms with E-state index in [1.54, 1.807) is 0 Å². The van der Waals surface area contributed by atoms with E-state index < -0.39 is 84.6 Å². The van der Waals surface area contributed by atoms with Gasteiger partial charge in [0.05, 0.1) is 19.5 Å². The average Bonchev–Trinajstić information content (AvgIpc) is 3.75. The number of aromatic nitrogens is 4. The highest BCUT2D eigenvalue weighted by Crippen LogP contribution is 2.56. The normalized spacial score (nSPS) is 20.5. The number of anilines is 1. The van der Waals surface area contributed by atoms with Gasteiger partial charge in [-0.15, -0.1) is 0 Å². The lowest BCUT2D eigenvalue weighted by Crippen LogP contribution is -2.46. The number of nitrogens with two attached hydrogens (primary N) is 1. The molecule has 378 valence electrons. The number of aliphatic hydroxyl groups excluding tert-OH is 2. The van der Waals surface area contributed by atoms with Crippen LogP contribution >= 0.6 is 35.2 Å². The second-order valence-electron chi connectivity index (χ2n) is 15.2. The van der Waals surface area contributed by atoms with E-state index >= 15 is 0 Å². The molecule has 2 aromatic heterocycles. The molecule has 8 atom stereocenters. The number of quaternary nitrogens is 3. The molecule has 0 aliphatic carbocycles. The molecule has 0 saturated carbocycles. The van der Waals surface area contributed by atoms with E-state index in [1.807, 2.05) is 0 Å². The third-order valence-electron chi connectivity index (χ3n) is 9.48. The Morgan fingerprint density at radius 3 is 2.14 bits per heavy atom. The van der Waals surface area contributed by atoms with E-state index in [4.69, 9.17) is 10.5 Å². The maximum Gasteiger partial charge on any atom is 0.274 e. The van der Waals surface area contributed by atoms with Crippen molar-refractivity contribution in [2.45, 2.75) is 128 Å². The number of phosphoric ester groups is 3. The van der Waals surface area contributed by atoms with Gasteiger partial charge >= 0.3 is 0 Å². The zero-order valence-corrected chi connectivity index (χ0v) is 41.2. The van der Waals surface area contributed by atoms with Gasteiger partial charge in [0.15, 0.2) is 22.8 Å². The summed E-state index contributed by atoms with van der Waals surface area (Å²) in [6.45, 7) is 2.42. The Morgan fingerprint density at radius 2 is 1.52 bits per heavy atom. The van der Waals surface area contributed by atoms with Crippen LogP contribution in [0.1, 0.15) is 104 Å². The molecule has 3 heterocycles. The van der Waals surface area contributed by atoms with E-state index in [0.717, 1.165) is 48.2 Å². The highest BCUT2D eigenvalue weighted by Gasteiger charge is 2.48. The Hall–Kier alpha value is -2.56. The smallest absolute Gasteiger partial charge is 0.274 e. The first-order valence-electron chi connectivity index (χ1n) is 20.0. The number of nitrogens with zero attached hydrogens (tertiary/aromatic N) is 4. The SMILES string of the molecule is CCCCCCCCCCCCC(=O)SCCNC(=O)CCNC(=O)[C@H](O)C(C)(C)COP(=O)([O-])OP(=O)([O-])OC[C@H]1O[C@@H](n2cnc3c(N)ncnc32)[C@H](O)[C@@H]1OP(=O)([O-])O.[NH4+].[NH4+].[NH4+]. The molecular weight excluding hydrogens is 945 g/mol. The highest BCUT2D eigenvalue weighted by molar-refractivity contribution is 8.13. The van der Waals surface area contributed by atoms with Crippen molar-refractivity contribution in [3.05, 3.63) is 12.7 Å². The number of ether oxygens (including phenoxy) is 1. The number of hydrogen-bond donors (Lipinski definition) is 9. The van der Waals surface area contributed by atoms with Crippen LogP contribution in [-0.2, 0) is 50.7 Å². The van der Waals surface area contributed by atoms with Gasteiger partial charge in [0.2, 0.25) is 11.8 Å². The van der Waals surface area contributed by atoms with Crippen LogP contribution in [0, 0.1) is 5.41 Å². The zero-order chi connectivity index (χ0) is 46.1. The molecule has 1 aliphatic heterocycles. The number of carbonyl (C=O) groups excluding carboxylic acids is 3. The Morgan fingerprint density at radius 1 is 0.923 bits per heavy atom. The summed E-state index contributed by atoms with van der Waals surface area (Å²) in [7, 11) is -17.3. The number of unbranched alkanes of at least 4 members (excludes halogenated alkanes) is 9. The number of thioether (sulfide) groups is 1. The first-order chi connectivity index (χ1) is 29.1. The lowest BCUT2D eigenvalue weighted by Gasteiger charge is -2.35. The molecule has 0 bridgehead atoms. The molecule has 1 aliphatic rings. The molecule has 3 unspecified atom stereocenters. The van der Waals surface area contributed by atoms with Crippen molar-refractivity contribution in [1.29, 1.82) is 0 Å². The number of nitrogens with one attached hydrogen (secondary N) is 2. The van der Waals surface area contributed by atoms with Crippen LogP contribution in [0.4, 0.5) is 5.82 Å². The van der Waals surface area contributed by atoms with E-state index in [9.17, 15) is 57.9 Å². The minimum atomic E-state index is -5.90. The predicted molar refractivity (Wildman–Crippen MR) is 235 cm³/mol. The lowest BCUT2D eigenvalue weighted by atomic mass is 9.87. The third kappa shape index (κ3) is 22.0. The van der Waals surface area contributed by atoms with E-state index in [2.05, 4.69) is 50.4 Å². The van der Waals surface area contributed by atoms with Crippen molar-refractivity contribution in [2.75, 3.05) is 37.8 Å². The van der Waals surface area contributed by atoms with Gasteiger partial charge in [0, 0.05) is 37.1 Å². The van der Waals surface area contributed by atoms with Gasteiger partial charge in [-0.1, -0.05) is 90.3 Å². The maximum absolute atomic E-state index is 12.6. The minimum Gasteiger partial charge on any atom is -0.756 e. The van der Waals surface area contributed by atoms with E-state index in [0.29, 0.717) is 12.2 Å². The molecule has 19 N–H and O–H groups in total. The number of hydrogen-bond acceptors (Lipinski definition) is 21. The summed E-state index contributed by atoms with van der Waals surface area (Å²) in [5.74, 6) is -1.11. The molecule has 3 rings (SSSR count). The predicted octanol–water partition coefficient (Wildman–Crippen LogP) is 2.21. The molecular formula is C34H69N10O17P3S. The fraction of sp³-hybridized carbons (Fsp3) is 0.765. The number of rotatable bonds is 30. The monoisotopic (exact) mass is 1010 g/mol. The van der Waals surface area contributed by atoms with Crippen LogP contribution in [0.2, 0.25) is 0 Å². The lowest BCUT2D eigenvalue weighted by molar-refractivity contribution is -0.247. The molecule has 0 spiro atoms. The Labute approximate surface area is 381 Å². The average molecular weight is 1010 g/mol. The summed E-state index contributed by atoms with van der Waals surface area (Å²) in [4.78, 5) is 94.6. The highest BCUT2D eigenvalue weighted by atomic mass is 32.2. The molecule has 0 radical (unpaired) electrons. The molecule has 2 aromatic rings. The van der Waals surface area contributed by atoms with E-state index in [1.165, 1.54) is 58.8 Å². The van der Waals surface area contributed by atoms with Gasteiger partial charge in [-0.05, 0) is 6.42 Å². The van der Waals surface area contributed by atoms with Gasteiger partial charge in [-0.3, -0.25) is 32.6 Å². The molecule has 27 nitrogen and oxygen atoms in total. The van der Waals surface area contributed by atoms with Gasteiger partial charge < -0.3 is 82.9 Å². The Kier molecular flexibility index (Phi) is 28.2. The summed E-state index contributed by atoms with van der Waals surface area (Å²) in [6.07, 6.45) is 4.85. The number of carbonyl (C=O) groups is 3. The number of fused-ring (bicyclic) bond motifs is 1. The van der Waals surface area contributed by atoms with Crippen LogP contribution in [0.15, 0.2) is 12.7 Å². The fourth-order valence-corrected chi connectivity index (χ4v) is 9.57. The molecule has 2 amide bonds. The first-order valence-corrected chi connectivity index (χ1v) is 25.5. The topological polar surface area (TPSA) is 482 Å². The van der Waals surface area contributed by atoms with Crippen LogP contribution < -0.4 is 49.5 Å². The molecule has 31 heteroatoms. The second-order valence-corrected chi connectivity index (χ2v) is 20.4. The van der Waals surface area contributed by atoms with Crippen molar-refractivity contribution < 1.29 is 80.5 Å². The van der Waals surface area contributed by atoms with Crippen molar-refractivity contribution in [3.63, 3.8) is 0 Å². The van der Waals surface area contributed by atoms with Crippen molar-refractivity contribution in [1.82, 2.24) is 48.6 Å². The van der Waals surface area contributed by atoms with Gasteiger partial charge in [-0.2, -0.15) is 0 Å². The summed E-state index contributed by atoms with van der Waals surface area (Å²) in [5, 5.41) is 26.5. The van der Waals surface area contributed by atoms with Crippen LogP contribution in [0.3, 0.4) is 0 Å². The number of aliphatic hydroxyl groups is 2. The number of imidazole rings is 1. The second kappa shape index (κ2) is 29.4. The third-order valence-corrected chi connectivity index (χ3v) is 13.4. The summed E-state index contributed by atoms with van der Waals surface area (Å²) < 4.78 is 61.0. The van der Waals surface area contributed by atoms with E-state index in [-0.39, 0.29) is 60.1 Å². The standard InChI is InChI=1S/C34H60N7O17P3S.3H3N/c1-4-5-6-7-8-9-10-11-12-13-14-25(43)62-18-17-36-24(42)15-16-37-32(46)29(45)34(2,3)20-55-61(52,53)58-60(50,51)54-19-23-28(57-59(47,48)49)27(44)33(56-23)41-22-40-26-30(35)38-21-39-31(26)41;;;/h21-23,27-29,33,44-45H,4-20H2,1-3H3,(H,36,42)(H,37,46)(H,50,51)(H,52,53)(H2,35,38,39)(H2,47,48,49);3*1H3/t23-,27-,28-,29+,33-;;;/m1.../s1. The van der Waals surface area contributed by atoms with Crippen LogP contribution in [0.5, 0.6) is 0 Å². The van der Waals surface area contributed by atoms with Crippen LogP contribution in [-0.4, -0.2) is 108 Å². The first kappa shape index (κ1) is 62.4. The van der Waals surface area contributed by atoms with Crippen LogP contribution in [0.25, 0.3) is 11.2 Å². The Bertz CT molecular complexity index is 1920. The largest absolute Gasteiger partial charge is 0.756 e. The Balaban J connectivity index is 0.0000137. The fourth-order valence-electron chi connectivity index (χ4n) is 6.11. The van der Waals surface area contributed by atoms with Crippen molar-refractivity contribution in [2.24, 2.45) is 5.41 Å². The maximum atomic E-state index is 12.6. The van der Waals surface area contributed by atoms with Gasteiger partial charge in [0.1, 0.15) is 36.3 Å². The van der Waals surface area contributed by atoms with Gasteiger partial charge in [-0.25, -0.2) is 19.3 Å². The zero-order valence-electron chi connectivity index (χ0n) is 37.7. The molecule has 0 aromatic carbocycles.